The number of aromatic nitrogens is 8. The highest BCUT2D eigenvalue weighted by Crippen LogP contribution is 2.40. The Morgan fingerprint density at radius 3 is 1.35 bits per heavy atom. The molecule has 1 N–H and O–H groups in total. The number of pyridine rings is 4. The summed E-state index contributed by atoms with van der Waals surface area (Å²) in [7, 11) is 9.06. The smallest absolute Gasteiger partial charge is 0.229 e. The van der Waals surface area contributed by atoms with Crippen molar-refractivity contribution in [2.75, 3.05) is 42.7 Å². The number of carbonyl (C=O) groups excluding carboxylic acids is 4. The van der Waals surface area contributed by atoms with Gasteiger partial charge in [0.05, 0.1) is 66.7 Å². The van der Waals surface area contributed by atoms with Crippen molar-refractivity contribution in [1.29, 1.82) is 0 Å². The summed E-state index contributed by atoms with van der Waals surface area (Å²) < 4.78 is 34.6. The summed E-state index contributed by atoms with van der Waals surface area (Å²) in [6.07, 6.45) is 9.71. The Morgan fingerprint density at radius 1 is 0.494 bits per heavy atom. The number of methoxy groups -OCH3 is 6. The molecule has 0 saturated carbocycles. The van der Waals surface area contributed by atoms with Crippen LogP contribution in [0, 0.1) is 0 Å². The van der Waals surface area contributed by atoms with Crippen LogP contribution in [0.15, 0.2) is 200 Å². The molecule has 0 aliphatic heterocycles. The van der Waals surface area contributed by atoms with E-state index in [4.69, 9.17) is 28.4 Å². The van der Waals surface area contributed by atoms with Crippen LogP contribution < -0.4 is 28.4 Å². The van der Waals surface area contributed by atoms with Gasteiger partial charge < -0.3 is 33.4 Å². The number of ether oxygens (including phenoxy) is 6. The van der Waals surface area contributed by atoms with Gasteiger partial charge in [-0.3, -0.25) is 33.7 Å². The predicted octanol–water partition coefficient (Wildman–Crippen LogP) is 11.9. The first-order valence-corrected chi connectivity index (χ1v) is 25.1. The molecule has 18 nitrogen and oxygen atoms in total. The first-order valence-electron chi connectivity index (χ1n) is 24.3. The van der Waals surface area contributed by atoms with E-state index >= 15 is 0 Å². The molecular weight excluding hydrogens is 1100 g/mol. The number of benzene rings is 4. The number of rotatable bonds is 17. The largest absolute Gasteiger partial charge is 0.493 e. The van der Waals surface area contributed by atoms with Gasteiger partial charge in [0, 0.05) is 47.7 Å². The van der Waals surface area contributed by atoms with E-state index in [1.807, 2.05) is 103 Å². The zero-order valence-electron chi connectivity index (χ0n) is 44.3. The molecule has 81 heavy (non-hydrogen) atoms. The van der Waals surface area contributed by atoms with E-state index in [1.54, 1.807) is 83.8 Å². The second kappa shape index (κ2) is 30.1. The van der Waals surface area contributed by atoms with Crippen LogP contribution in [-0.2, 0) is 0 Å². The van der Waals surface area contributed by atoms with E-state index < -0.39 is 0 Å². The van der Waals surface area contributed by atoms with Crippen molar-refractivity contribution in [2.24, 2.45) is 0 Å². The number of hydrogen-bond donors (Lipinski definition) is 1. The molecule has 6 aromatic heterocycles. The minimum atomic E-state index is -0.299. The van der Waals surface area contributed by atoms with Gasteiger partial charge in [-0.25, -0.2) is 19.9 Å². The van der Waals surface area contributed by atoms with Crippen LogP contribution in [-0.4, -0.2) is 105 Å². The van der Waals surface area contributed by atoms with Gasteiger partial charge in [0.2, 0.25) is 23.1 Å². The van der Waals surface area contributed by atoms with Crippen molar-refractivity contribution >= 4 is 39.1 Å². The summed E-state index contributed by atoms with van der Waals surface area (Å²) in [4.78, 5) is 77.8. The maximum absolute atomic E-state index is 13.6. The van der Waals surface area contributed by atoms with Crippen molar-refractivity contribution in [3.63, 3.8) is 0 Å². The van der Waals surface area contributed by atoms with Gasteiger partial charge in [-0.05, 0) is 94.3 Å². The van der Waals surface area contributed by atoms with E-state index in [0.29, 0.717) is 68.5 Å². The minimum Gasteiger partial charge on any atom is -0.493 e. The Kier molecular flexibility index (Phi) is 22.4. The molecular formula is C62H57BrN8O10. The summed E-state index contributed by atoms with van der Waals surface area (Å²) in [5, 5.41) is 0. The molecule has 10 aromatic rings. The Hall–Kier alpha value is -10.1. The fourth-order valence-electron chi connectivity index (χ4n) is 7.57. The maximum atomic E-state index is 13.6. The summed E-state index contributed by atoms with van der Waals surface area (Å²) in [5.41, 5.74) is 4.66. The molecule has 0 bridgehead atoms. The van der Waals surface area contributed by atoms with Crippen LogP contribution in [0.4, 0.5) is 0 Å². The lowest BCUT2D eigenvalue weighted by Gasteiger charge is -2.14. The van der Waals surface area contributed by atoms with Crippen LogP contribution in [0.5, 0.6) is 34.5 Å². The summed E-state index contributed by atoms with van der Waals surface area (Å²) in [5.74, 6) is 2.39. The van der Waals surface area contributed by atoms with Crippen molar-refractivity contribution < 1.29 is 47.6 Å². The molecule has 0 aliphatic carbocycles. The Bertz CT molecular complexity index is 3530. The third-order valence-corrected chi connectivity index (χ3v) is 11.9. The number of H-pyrrole nitrogens is 1. The van der Waals surface area contributed by atoms with Crippen molar-refractivity contribution in [1.82, 2.24) is 39.5 Å². The third kappa shape index (κ3) is 15.8. The number of hydrogen-bond acceptors (Lipinski definition) is 16. The zero-order valence-corrected chi connectivity index (χ0v) is 45.9. The highest BCUT2D eigenvalue weighted by Gasteiger charge is 2.25. The normalized spacial score (nSPS) is 10.1. The molecule has 0 unspecified atom stereocenters. The molecule has 0 spiro atoms. The monoisotopic (exact) mass is 1150 g/mol. The molecule has 0 radical (unpaired) electrons. The number of ketones is 4. The van der Waals surface area contributed by atoms with Crippen molar-refractivity contribution in [2.45, 2.75) is 13.8 Å². The molecule has 0 fully saturated rings. The molecule has 10 rings (SSSR count). The molecule has 0 saturated heterocycles. The lowest BCUT2D eigenvalue weighted by molar-refractivity contribution is 0.0887. The number of Topliss-reactive ketones (excluding diaryl/α,β-unsaturated/α-hetero) is 2. The molecule has 19 heteroatoms. The number of halogens is 1. The minimum absolute atomic E-state index is 0. The second-order valence-corrected chi connectivity index (χ2v) is 17.3. The van der Waals surface area contributed by atoms with E-state index in [0.717, 1.165) is 21.4 Å². The van der Waals surface area contributed by atoms with Crippen LogP contribution in [0.3, 0.4) is 0 Å². The van der Waals surface area contributed by atoms with Gasteiger partial charge in [-0.15, -0.1) is 0 Å². The third-order valence-electron chi connectivity index (χ3n) is 11.5. The quantitative estimate of drug-likeness (QED) is 0.0508. The lowest BCUT2D eigenvalue weighted by Crippen LogP contribution is -2.11. The Labute approximate surface area is 476 Å². The number of nitrogens with zero attached hydrogens (tertiary/aromatic N) is 7. The van der Waals surface area contributed by atoms with Crippen molar-refractivity contribution in [3.05, 3.63) is 234 Å². The molecule has 412 valence electrons. The SMILES string of the molecule is Brc1ccccn1.C.COc1cc(C(=O)c2nc(-c3ccccc3)cn2-c2ccccn2)cc(OC)c1OC.COc1cc(C(=O)c2ncc(-c3ccccc3)[nH]2)cc(OC)c1OC.O=C(CC(=O)c1ccccn1)c1ccccn1. The van der Waals surface area contributed by atoms with Crippen LogP contribution in [0.1, 0.15) is 67.2 Å². The van der Waals surface area contributed by atoms with Gasteiger partial charge in [0.15, 0.2) is 46.2 Å². The van der Waals surface area contributed by atoms with Gasteiger partial charge in [0.25, 0.3) is 0 Å². The Balaban J connectivity index is 0.000000189. The average Bonchev–Trinajstić information content (AvgIpc) is 4.40. The number of imidazole rings is 2. The summed E-state index contributed by atoms with van der Waals surface area (Å²) >= 11 is 3.20. The first-order chi connectivity index (χ1) is 39.0. The number of aromatic amines is 1. The summed E-state index contributed by atoms with van der Waals surface area (Å²) in [6, 6.07) is 47.0. The van der Waals surface area contributed by atoms with E-state index in [9.17, 15) is 19.2 Å². The van der Waals surface area contributed by atoms with E-state index in [-0.39, 0.29) is 48.6 Å². The molecule has 6 heterocycles. The van der Waals surface area contributed by atoms with Gasteiger partial charge >= 0.3 is 0 Å². The van der Waals surface area contributed by atoms with E-state index in [2.05, 4.69) is 50.8 Å². The van der Waals surface area contributed by atoms with Gasteiger partial charge in [-0.1, -0.05) is 92.4 Å². The fourth-order valence-corrected chi connectivity index (χ4v) is 7.85. The predicted molar refractivity (Wildman–Crippen MR) is 310 cm³/mol. The van der Waals surface area contributed by atoms with Gasteiger partial charge in [0.1, 0.15) is 21.8 Å². The van der Waals surface area contributed by atoms with Crippen molar-refractivity contribution in [3.8, 4) is 62.8 Å². The molecule has 0 aliphatic rings. The van der Waals surface area contributed by atoms with Gasteiger partial charge in [-0.2, -0.15) is 0 Å². The molecule has 4 aromatic carbocycles. The standard InChI is InChI=1S/C24H21N3O4.C19H18N2O4.C13H10N2O2.C5H4BrN.CH4/c1-29-19-13-17(14-20(30-2)23(19)31-3)22(28)24-26-18(16-9-5-4-6-10-16)15-27(24)21-11-7-8-12-25-21;1-23-15-9-13(10-16(24-2)18(15)25-3)17(22)19-20-11-14(21-19)12-7-5-4-6-8-12;16-12(10-5-1-3-7-14-10)9-13(17)11-6-2-4-8-15-11;6-5-3-1-2-4-7-5;/h4-15H,1-3H3;4-11H,1-3H3,(H,20,21);1-8H,9H2;1-4H;1H4. The lowest BCUT2D eigenvalue weighted by atomic mass is 10.1. The molecule has 0 amide bonds. The maximum Gasteiger partial charge on any atom is 0.229 e. The fraction of sp³-hybridized carbons (Fsp3) is 0.129. The van der Waals surface area contributed by atoms with Crippen LogP contribution in [0.2, 0.25) is 0 Å². The highest BCUT2D eigenvalue weighted by atomic mass is 79.9. The Morgan fingerprint density at radius 2 is 0.938 bits per heavy atom. The van der Waals surface area contributed by atoms with Crippen LogP contribution in [0.25, 0.3) is 28.3 Å². The topological polar surface area (TPSA) is 222 Å². The number of nitrogens with one attached hydrogen (secondary N) is 1. The summed E-state index contributed by atoms with van der Waals surface area (Å²) in [6.45, 7) is 0. The van der Waals surface area contributed by atoms with E-state index in [1.165, 1.54) is 55.1 Å². The number of carbonyl (C=O) groups is 4. The zero-order chi connectivity index (χ0) is 56.8. The first kappa shape index (κ1) is 60.1. The second-order valence-electron chi connectivity index (χ2n) is 16.5. The van der Waals surface area contributed by atoms with Crippen LogP contribution >= 0.6 is 15.9 Å². The highest BCUT2D eigenvalue weighted by molar-refractivity contribution is 9.10. The molecule has 0 atom stereocenters. The average molecular weight is 1150 g/mol.